The van der Waals surface area contributed by atoms with Crippen LogP contribution >= 0.6 is 0 Å². The fourth-order valence-corrected chi connectivity index (χ4v) is 3.45. The molecule has 0 saturated heterocycles. The smallest absolute Gasteiger partial charge is 0.390 e. The molecule has 0 aromatic rings. The molecule has 18 heavy (non-hydrogen) atoms. The minimum absolute atomic E-state index is 0.276. The standard InChI is InChI=1S/C12H23F3O2Si/c1-8(16)10(5,7-12(13,14)15)11(6,17-18)9(2,3)4/h7H2,1-6,18H3. The lowest BCUT2D eigenvalue weighted by molar-refractivity contribution is -0.202. The highest BCUT2D eigenvalue weighted by atomic mass is 28.2. The van der Waals surface area contributed by atoms with E-state index in [1.54, 1.807) is 27.7 Å². The highest BCUT2D eigenvalue weighted by molar-refractivity contribution is 5.99. The zero-order chi connectivity index (χ0) is 15.0. The van der Waals surface area contributed by atoms with Gasteiger partial charge in [-0.05, 0) is 26.2 Å². The van der Waals surface area contributed by atoms with E-state index in [1.807, 2.05) is 0 Å². The first-order chi connectivity index (χ1) is 7.71. The fourth-order valence-electron chi connectivity index (χ4n) is 2.39. The van der Waals surface area contributed by atoms with Crippen molar-refractivity contribution >= 4 is 16.3 Å². The highest BCUT2D eigenvalue weighted by Gasteiger charge is 2.58. The summed E-state index contributed by atoms with van der Waals surface area (Å²) in [5, 5.41) is 0. The van der Waals surface area contributed by atoms with E-state index in [-0.39, 0.29) is 10.5 Å². The first-order valence-corrected chi connectivity index (χ1v) is 6.66. The zero-order valence-corrected chi connectivity index (χ0v) is 14.2. The third-order valence-corrected chi connectivity index (χ3v) is 5.04. The number of carbonyl (C=O) groups is 1. The summed E-state index contributed by atoms with van der Waals surface area (Å²) in [7, 11) is 0.276. The molecule has 0 aliphatic rings. The van der Waals surface area contributed by atoms with E-state index in [2.05, 4.69) is 0 Å². The number of ketones is 1. The topological polar surface area (TPSA) is 26.3 Å². The minimum atomic E-state index is -4.40. The first kappa shape index (κ1) is 17.6. The molecule has 0 aromatic heterocycles. The molecule has 0 aromatic carbocycles. The maximum absolute atomic E-state index is 12.8. The Kier molecular flexibility index (Phi) is 4.86. The van der Waals surface area contributed by atoms with Crippen LogP contribution in [0.4, 0.5) is 13.2 Å². The Morgan fingerprint density at radius 1 is 1.11 bits per heavy atom. The third kappa shape index (κ3) is 3.15. The van der Waals surface area contributed by atoms with E-state index in [0.717, 1.165) is 0 Å². The normalized spacial score (nSPS) is 20.3. The second kappa shape index (κ2) is 4.96. The van der Waals surface area contributed by atoms with Gasteiger partial charge in [0.25, 0.3) is 0 Å². The maximum Gasteiger partial charge on any atom is 0.390 e. The zero-order valence-electron chi connectivity index (χ0n) is 12.2. The van der Waals surface area contributed by atoms with E-state index < -0.39 is 34.8 Å². The summed E-state index contributed by atoms with van der Waals surface area (Å²) < 4.78 is 43.8. The molecule has 0 heterocycles. The largest absolute Gasteiger partial charge is 0.421 e. The summed E-state index contributed by atoms with van der Waals surface area (Å²) in [5.74, 6) is -0.492. The number of carbonyl (C=O) groups excluding carboxylic acids is 1. The first-order valence-electron chi connectivity index (χ1n) is 5.84. The second-order valence-corrected chi connectivity index (χ2v) is 6.58. The fraction of sp³-hybridized carbons (Fsp3) is 0.917. The number of halogens is 3. The molecule has 0 spiro atoms. The Morgan fingerprint density at radius 2 is 1.50 bits per heavy atom. The maximum atomic E-state index is 12.8. The SMILES string of the molecule is CC(=O)C(C)(CC(F)(F)F)C(C)(O[SiH3])C(C)(C)C. The molecule has 0 fully saturated rings. The second-order valence-electron chi connectivity index (χ2n) is 6.17. The number of hydrogen-bond donors (Lipinski definition) is 0. The summed E-state index contributed by atoms with van der Waals surface area (Å²) in [6.45, 7) is 9.54. The molecule has 0 saturated carbocycles. The van der Waals surface area contributed by atoms with Crippen molar-refractivity contribution in [2.75, 3.05) is 0 Å². The van der Waals surface area contributed by atoms with E-state index in [1.165, 1.54) is 13.8 Å². The van der Waals surface area contributed by atoms with Crippen molar-refractivity contribution in [3.63, 3.8) is 0 Å². The van der Waals surface area contributed by atoms with Crippen LogP contribution in [0, 0.1) is 10.8 Å². The van der Waals surface area contributed by atoms with Crippen molar-refractivity contribution in [1.29, 1.82) is 0 Å². The summed E-state index contributed by atoms with van der Waals surface area (Å²) in [5.41, 5.74) is -3.29. The van der Waals surface area contributed by atoms with Crippen molar-refractivity contribution in [3.05, 3.63) is 0 Å². The van der Waals surface area contributed by atoms with Crippen LogP contribution in [0.25, 0.3) is 0 Å². The number of hydrogen-bond acceptors (Lipinski definition) is 2. The van der Waals surface area contributed by atoms with Gasteiger partial charge in [0, 0.05) is 0 Å². The van der Waals surface area contributed by atoms with Crippen molar-refractivity contribution in [1.82, 2.24) is 0 Å². The van der Waals surface area contributed by atoms with Gasteiger partial charge in [-0.2, -0.15) is 13.2 Å². The van der Waals surface area contributed by atoms with Gasteiger partial charge in [0.15, 0.2) is 0 Å². The number of alkyl halides is 3. The monoisotopic (exact) mass is 284 g/mol. The molecule has 0 rings (SSSR count). The van der Waals surface area contributed by atoms with Gasteiger partial charge in [0.1, 0.15) is 16.3 Å². The van der Waals surface area contributed by atoms with Crippen LogP contribution in [0.1, 0.15) is 48.0 Å². The molecule has 0 aliphatic carbocycles. The van der Waals surface area contributed by atoms with E-state index in [0.29, 0.717) is 0 Å². The van der Waals surface area contributed by atoms with E-state index >= 15 is 0 Å². The minimum Gasteiger partial charge on any atom is -0.421 e. The summed E-state index contributed by atoms with van der Waals surface area (Å²) in [6, 6.07) is 0. The molecule has 108 valence electrons. The number of rotatable bonds is 4. The molecular weight excluding hydrogens is 261 g/mol. The predicted octanol–water partition coefficient (Wildman–Crippen LogP) is 2.64. The molecular formula is C12H23F3O2Si. The van der Waals surface area contributed by atoms with Gasteiger partial charge in [-0.15, -0.1) is 0 Å². The van der Waals surface area contributed by atoms with Crippen LogP contribution in [-0.4, -0.2) is 28.0 Å². The molecule has 0 bridgehead atoms. The molecule has 2 nitrogen and oxygen atoms in total. The van der Waals surface area contributed by atoms with Gasteiger partial charge in [-0.3, -0.25) is 4.79 Å². The van der Waals surface area contributed by atoms with Gasteiger partial charge >= 0.3 is 6.18 Å². The van der Waals surface area contributed by atoms with E-state index in [9.17, 15) is 18.0 Å². The third-order valence-electron chi connectivity index (χ3n) is 4.22. The quantitative estimate of drug-likeness (QED) is 0.742. The van der Waals surface area contributed by atoms with Gasteiger partial charge in [0.05, 0.1) is 17.4 Å². The van der Waals surface area contributed by atoms with Gasteiger partial charge in [-0.1, -0.05) is 20.8 Å². The summed E-state index contributed by atoms with van der Waals surface area (Å²) in [4.78, 5) is 11.8. The van der Waals surface area contributed by atoms with Gasteiger partial charge < -0.3 is 4.43 Å². The van der Waals surface area contributed by atoms with Crippen LogP contribution < -0.4 is 0 Å². The Bertz CT molecular complexity index is 322. The van der Waals surface area contributed by atoms with E-state index in [4.69, 9.17) is 4.43 Å². The summed E-state index contributed by atoms with van der Waals surface area (Å²) >= 11 is 0. The molecule has 0 radical (unpaired) electrons. The van der Waals surface area contributed by atoms with Crippen molar-refractivity contribution in [2.45, 2.75) is 59.7 Å². The predicted molar refractivity (Wildman–Crippen MR) is 68.3 cm³/mol. The Morgan fingerprint density at radius 3 is 1.67 bits per heavy atom. The van der Waals surface area contributed by atoms with Gasteiger partial charge in [0.2, 0.25) is 0 Å². The van der Waals surface area contributed by atoms with Crippen molar-refractivity contribution < 1.29 is 22.4 Å². The Hall–Kier alpha value is -0.363. The molecule has 2 atom stereocenters. The van der Waals surface area contributed by atoms with Crippen LogP contribution in [0.15, 0.2) is 0 Å². The van der Waals surface area contributed by atoms with Crippen LogP contribution in [0.2, 0.25) is 0 Å². The lowest BCUT2D eigenvalue weighted by Crippen LogP contribution is -2.59. The van der Waals surface area contributed by atoms with Crippen molar-refractivity contribution in [2.24, 2.45) is 10.8 Å². The lowest BCUT2D eigenvalue weighted by atomic mass is 9.59. The summed E-state index contributed by atoms with van der Waals surface area (Å²) in [6.07, 6.45) is -5.56. The average molecular weight is 284 g/mol. The molecule has 6 heteroatoms. The lowest BCUT2D eigenvalue weighted by Gasteiger charge is -2.52. The molecule has 2 unspecified atom stereocenters. The molecule has 0 aliphatic heterocycles. The van der Waals surface area contributed by atoms with Crippen LogP contribution in [-0.2, 0) is 9.22 Å². The average Bonchev–Trinajstić information content (AvgIpc) is 2.11. The Balaban J connectivity index is 5.80. The Labute approximate surface area is 110 Å². The van der Waals surface area contributed by atoms with Crippen LogP contribution in [0.3, 0.4) is 0 Å². The molecule has 0 N–H and O–H groups in total. The highest BCUT2D eigenvalue weighted by Crippen LogP contribution is 2.51. The molecule has 0 amide bonds. The van der Waals surface area contributed by atoms with Crippen LogP contribution in [0.5, 0.6) is 0 Å². The van der Waals surface area contributed by atoms with Crippen molar-refractivity contribution in [3.8, 4) is 0 Å². The van der Waals surface area contributed by atoms with Gasteiger partial charge in [-0.25, -0.2) is 0 Å². The number of Topliss-reactive ketones (excluding diaryl/α,β-unsaturated/α-hetero) is 1.